The van der Waals surface area contributed by atoms with Gasteiger partial charge in [-0.3, -0.25) is 0 Å². The van der Waals surface area contributed by atoms with Gasteiger partial charge in [-0.2, -0.15) is 0 Å². The van der Waals surface area contributed by atoms with E-state index in [4.69, 9.17) is 0 Å². The Bertz CT molecular complexity index is 502. The minimum Gasteiger partial charge on any atom is -0.302 e. The number of rotatable bonds is 0. The molecule has 0 spiro atoms. The third-order valence-corrected chi connectivity index (χ3v) is 3.32. The fourth-order valence-corrected chi connectivity index (χ4v) is 2.50. The first kappa shape index (κ1) is 8.93. The van der Waals surface area contributed by atoms with Crippen molar-refractivity contribution in [2.75, 3.05) is 13.6 Å². The molecular formula is C14H15N. The van der Waals surface area contributed by atoms with E-state index in [-0.39, 0.29) is 0 Å². The summed E-state index contributed by atoms with van der Waals surface area (Å²) in [5.74, 6) is 0. The Balaban J connectivity index is 2.25. The van der Waals surface area contributed by atoms with Crippen molar-refractivity contribution >= 4 is 10.8 Å². The zero-order chi connectivity index (χ0) is 10.3. The van der Waals surface area contributed by atoms with Gasteiger partial charge >= 0.3 is 0 Å². The molecule has 1 heteroatoms. The number of hydrogen-bond donors (Lipinski definition) is 0. The van der Waals surface area contributed by atoms with Gasteiger partial charge < -0.3 is 4.90 Å². The average Bonchev–Trinajstić information content (AvgIpc) is 2.28. The highest BCUT2D eigenvalue weighted by Crippen LogP contribution is 2.26. The molecule has 1 heterocycles. The van der Waals surface area contributed by atoms with Crippen molar-refractivity contribution in [2.24, 2.45) is 0 Å². The lowest BCUT2D eigenvalue weighted by Crippen LogP contribution is -2.26. The largest absolute Gasteiger partial charge is 0.302 e. The highest BCUT2D eigenvalue weighted by atomic mass is 15.1. The molecule has 0 aliphatic carbocycles. The number of fused-ring (bicyclic) bond motifs is 3. The fraction of sp³-hybridized carbons (Fsp3) is 0.286. The van der Waals surface area contributed by atoms with Gasteiger partial charge in [-0.05, 0) is 35.4 Å². The number of nitrogens with zero attached hydrogens (tertiary/aromatic N) is 1. The molecule has 0 saturated heterocycles. The number of hydrogen-bond acceptors (Lipinski definition) is 1. The predicted octanol–water partition coefficient (Wildman–Crippen LogP) is 2.83. The molecule has 76 valence electrons. The van der Waals surface area contributed by atoms with Crippen LogP contribution >= 0.6 is 0 Å². The van der Waals surface area contributed by atoms with E-state index >= 15 is 0 Å². The van der Waals surface area contributed by atoms with Crippen molar-refractivity contribution in [3.05, 3.63) is 47.5 Å². The molecule has 0 fully saturated rings. The summed E-state index contributed by atoms with van der Waals surface area (Å²) in [5.41, 5.74) is 3.06. The Morgan fingerprint density at radius 3 is 2.87 bits per heavy atom. The molecule has 0 amide bonds. The van der Waals surface area contributed by atoms with E-state index < -0.39 is 0 Å². The molecule has 2 aromatic carbocycles. The van der Waals surface area contributed by atoms with Gasteiger partial charge in [0, 0.05) is 13.1 Å². The summed E-state index contributed by atoms with van der Waals surface area (Å²) in [5, 5.41) is 2.82. The second kappa shape index (κ2) is 3.35. The maximum absolute atomic E-state index is 2.39. The first-order chi connectivity index (χ1) is 7.34. The van der Waals surface area contributed by atoms with Crippen molar-refractivity contribution in [1.29, 1.82) is 0 Å². The van der Waals surface area contributed by atoms with Crippen LogP contribution in [0.4, 0.5) is 0 Å². The summed E-state index contributed by atoms with van der Waals surface area (Å²) in [6.45, 7) is 2.28. The normalized spacial score (nSPS) is 16.6. The molecule has 0 aromatic heterocycles. The zero-order valence-electron chi connectivity index (χ0n) is 9.03. The molecule has 0 N–H and O–H groups in total. The van der Waals surface area contributed by atoms with E-state index in [1.54, 1.807) is 5.56 Å². The van der Waals surface area contributed by atoms with Crippen molar-refractivity contribution in [2.45, 2.75) is 13.0 Å². The van der Waals surface area contributed by atoms with Crippen LogP contribution in [0.5, 0.6) is 0 Å². The molecule has 0 unspecified atom stereocenters. The van der Waals surface area contributed by atoms with Crippen molar-refractivity contribution < 1.29 is 0 Å². The standard InChI is InChI=1S/C14H15N/c1-15-9-8-14-12(10-15)7-6-11-4-2-3-5-13(11)14/h2-7H,8-10H2,1H3. The van der Waals surface area contributed by atoms with Gasteiger partial charge in [0.05, 0.1) is 0 Å². The summed E-state index contributed by atoms with van der Waals surface area (Å²) in [4.78, 5) is 2.39. The second-order valence-corrected chi connectivity index (χ2v) is 4.41. The molecule has 3 rings (SSSR count). The van der Waals surface area contributed by atoms with Crippen LogP contribution in [0.1, 0.15) is 11.1 Å². The van der Waals surface area contributed by atoms with Gasteiger partial charge in [0.15, 0.2) is 0 Å². The number of likely N-dealkylation sites (N-methyl/N-ethyl adjacent to an activating group) is 1. The lowest BCUT2D eigenvalue weighted by molar-refractivity contribution is 0.314. The smallest absolute Gasteiger partial charge is 0.0233 e. The van der Waals surface area contributed by atoms with Crippen LogP contribution in [0.3, 0.4) is 0 Å². The molecular weight excluding hydrogens is 182 g/mol. The van der Waals surface area contributed by atoms with Gasteiger partial charge in [-0.25, -0.2) is 0 Å². The summed E-state index contributed by atoms with van der Waals surface area (Å²) in [7, 11) is 2.19. The average molecular weight is 197 g/mol. The first-order valence-electron chi connectivity index (χ1n) is 5.52. The zero-order valence-corrected chi connectivity index (χ0v) is 9.03. The summed E-state index contributed by atoms with van der Waals surface area (Å²) in [6, 6.07) is 13.2. The molecule has 0 atom stereocenters. The van der Waals surface area contributed by atoms with E-state index in [0.29, 0.717) is 0 Å². The van der Waals surface area contributed by atoms with Crippen LogP contribution in [0.25, 0.3) is 10.8 Å². The molecule has 0 radical (unpaired) electrons. The third kappa shape index (κ3) is 1.44. The molecule has 2 aromatic rings. The minimum atomic E-state index is 1.10. The molecule has 0 bridgehead atoms. The van der Waals surface area contributed by atoms with Crippen molar-refractivity contribution in [1.82, 2.24) is 4.90 Å². The molecule has 0 saturated carbocycles. The first-order valence-corrected chi connectivity index (χ1v) is 5.52. The quantitative estimate of drug-likeness (QED) is 0.627. The van der Waals surface area contributed by atoms with E-state index in [1.807, 2.05) is 0 Å². The third-order valence-electron chi connectivity index (χ3n) is 3.32. The Labute approximate surface area is 90.3 Å². The SMILES string of the molecule is CN1CCc2c(ccc3ccccc23)C1. The van der Waals surface area contributed by atoms with Crippen LogP contribution < -0.4 is 0 Å². The molecule has 15 heavy (non-hydrogen) atoms. The predicted molar refractivity (Wildman–Crippen MR) is 64.0 cm³/mol. The Morgan fingerprint density at radius 2 is 1.93 bits per heavy atom. The maximum atomic E-state index is 2.39. The van der Waals surface area contributed by atoms with Gasteiger partial charge in [0.1, 0.15) is 0 Å². The van der Waals surface area contributed by atoms with Crippen LogP contribution in [-0.2, 0) is 13.0 Å². The fourth-order valence-electron chi connectivity index (χ4n) is 2.50. The van der Waals surface area contributed by atoms with E-state index in [0.717, 1.165) is 6.54 Å². The van der Waals surface area contributed by atoms with Gasteiger partial charge in [-0.15, -0.1) is 0 Å². The number of benzene rings is 2. The van der Waals surface area contributed by atoms with E-state index in [9.17, 15) is 0 Å². The lowest BCUT2D eigenvalue weighted by Gasteiger charge is -2.26. The summed E-state index contributed by atoms with van der Waals surface area (Å²) in [6.07, 6.45) is 1.19. The van der Waals surface area contributed by atoms with Crippen LogP contribution in [0.15, 0.2) is 36.4 Å². The van der Waals surface area contributed by atoms with Gasteiger partial charge in [0.2, 0.25) is 0 Å². The highest BCUT2D eigenvalue weighted by Gasteiger charge is 2.14. The summed E-state index contributed by atoms with van der Waals surface area (Å²) < 4.78 is 0. The van der Waals surface area contributed by atoms with Crippen LogP contribution in [0.2, 0.25) is 0 Å². The second-order valence-electron chi connectivity index (χ2n) is 4.41. The Hall–Kier alpha value is -1.34. The Kier molecular flexibility index (Phi) is 2.00. The monoisotopic (exact) mass is 197 g/mol. The van der Waals surface area contributed by atoms with Crippen LogP contribution in [-0.4, -0.2) is 18.5 Å². The topological polar surface area (TPSA) is 3.24 Å². The van der Waals surface area contributed by atoms with E-state index in [1.165, 1.54) is 29.3 Å². The summed E-state index contributed by atoms with van der Waals surface area (Å²) >= 11 is 0. The van der Waals surface area contributed by atoms with E-state index in [2.05, 4.69) is 48.3 Å². The molecule has 1 aliphatic heterocycles. The molecule has 1 aliphatic rings. The van der Waals surface area contributed by atoms with Crippen molar-refractivity contribution in [3.8, 4) is 0 Å². The Morgan fingerprint density at radius 1 is 1.07 bits per heavy atom. The van der Waals surface area contributed by atoms with Gasteiger partial charge in [-0.1, -0.05) is 36.4 Å². The van der Waals surface area contributed by atoms with Gasteiger partial charge in [0.25, 0.3) is 0 Å². The van der Waals surface area contributed by atoms with Crippen LogP contribution in [0, 0.1) is 0 Å². The highest BCUT2D eigenvalue weighted by molar-refractivity contribution is 5.86. The maximum Gasteiger partial charge on any atom is 0.0233 e. The lowest BCUT2D eigenvalue weighted by atomic mass is 9.94. The molecule has 1 nitrogen and oxygen atoms in total. The van der Waals surface area contributed by atoms with Crippen molar-refractivity contribution in [3.63, 3.8) is 0 Å². The minimum absolute atomic E-state index is 1.10.